The van der Waals surface area contributed by atoms with Gasteiger partial charge in [0.05, 0.1) is 7.11 Å². The first-order valence-electron chi connectivity index (χ1n) is 3.67. The molecule has 0 fully saturated rings. The molecule has 1 heterocycles. The first-order chi connectivity index (χ1) is 6.60. The maximum absolute atomic E-state index is 12.4. The van der Waals surface area contributed by atoms with Gasteiger partial charge in [-0.25, -0.2) is 13.8 Å². The van der Waals surface area contributed by atoms with E-state index in [1.165, 1.54) is 13.2 Å². The van der Waals surface area contributed by atoms with Crippen LogP contribution < -0.4 is 4.74 Å². The molecule has 0 radical (unpaired) electrons. The van der Waals surface area contributed by atoms with Gasteiger partial charge in [0.1, 0.15) is 9.39 Å². The molecule has 0 spiro atoms. The first-order valence-corrected chi connectivity index (χ1v) is 5.87. The molecule has 0 aliphatic rings. The van der Waals surface area contributed by atoms with Crippen LogP contribution >= 0.6 is 38.5 Å². The molecule has 0 atom stereocenters. The Balaban J connectivity index is 3.24. The highest BCUT2D eigenvalue weighted by atomic mass is 127. The van der Waals surface area contributed by atoms with Crippen LogP contribution in [0.2, 0.25) is 0 Å². The molecule has 0 N–H and O–H groups in total. The lowest BCUT2D eigenvalue weighted by atomic mass is 10.2. The average Bonchev–Trinajstić information content (AvgIpc) is 2.16. The van der Waals surface area contributed by atoms with Crippen molar-refractivity contribution in [1.82, 2.24) is 4.98 Å². The monoisotopic (exact) mass is 377 g/mol. The van der Waals surface area contributed by atoms with Gasteiger partial charge in [-0.05, 0) is 28.7 Å². The van der Waals surface area contributed by atoms with E-state index < -0.39 is 6.43 Å². The lowest BCUT2D eigenvalue weighted by Crippen LogP contribution is -2.00. The summed E-state index contributed by atoms with van der Waals surface area (Å²) in [4.78, 5) is 3.74. The second kappa shape index (κ2) is 5.20. The number of hydrogen-bond acceptors (Lipinski definition) is 2. The summed E-state index contributed by atoms with van der Waals surface area (Å²) in [5, 5.41) is 0.467. The Morgan fingerprint density at radius 2 is 2.29 bits per heavy atom. The van der Waals surface area contributed by atoms with E-state index in [9.17, 15) is 8.78 Å². The van der Waals surface area contributed by atoms with Crippen LogP contribution in [0.4, 0.5) is 8.78 Å². The highest BCUT2D eigenvalue weighted by molar-refractivity contribution is 14.1. The van der Waals surface area contributed by atoms with E-state index in [0.717, 1.165) is 0 Å². The number of alkyl halides is 3. The van der Waals surface area contributed by atoms with E-state index in [1.54, 1.807) is 0 Å². The largest absolute Gasteiger partial charge is 0.494 e. The summed E-state index contributed by atoms with van der Waals surface area (Å²) in [5.74, 6) is 0.548. The Labute approximate surface area is 102 Å². The third-order valence-electron chi connectivity index (χ3n) is 1.60. The van der Waals surface area contributed by atoms with E-state index >= 15 is 0 Å². The molecule has 0 unspecified atom stereocenters. The summed E-state index contributed by atoms with van der Waals surface area (Å²) in [7, 11) is 1.49. The molecule has 0 aliphatic heterocycles. The Hall–Kier alpha value is 0.0200. The summed E-state index contributed by atoms with van der Waals surface area (Å²) in [6.07, 6.45) is -2.55. The number of pyridine rings is 1. The minimum atomic E-state index is -2.55. The minimum absolute atomic E-state index is 0.218. The zero-order valence-corrected chi connectivity index (χ0v) is 11.0. The number of methoxy groups -OCH3 is 1. The zero-order chi connectivity index (χ0) is 10.7. The zero-order valence-electron chi connectivity index (χ0n) is 7.23. The highest BCUT2D eigenvalue weighted by Gasteiger charge is 2.15. The van der Waals surface area contributed by atoms with Gasteiger partial charge < -0.3 is 4.74 Å². The minimum Gasteiger partial charge on any atom is -0.494 e. The standard InChI is InChI=1S/C8H7BrF2INO/c1-14-6-4(3-9)2-5(7(10)11)13-8(6)12/h2,7H,3H2,1H3. The number of hydrogen-bond donors (Lipinski definition) is 0. The van der Waals surface area contributed by atoms with E-state index in [1.807, 2.05) is 22.6 Å². The summed E-state index contributed by atoms with van der Waals surface area (Å²) in [6.45, 7) is 0. The molecule has 78 valence electrons. The Morgan fingerprint density at radius 3 is 2.71 bits per heavy atom. The van der Waals surface area contributed by atoms with Crippen LogP contribution in [-0.4, -0.2) is 12.1 Å². The smallest absolute Gasteiger partial charge is 0.280 e. The number of aromatic nitrogens is 1. The second-order valence-corrected chi connectivity index (χ2v) is 4.05. The fraction of sp³-hybridized carbons (Fsp3) is 0.375. The molecule has 0 saturated heterocycles. The van der Waals surface area contributed by atoms with Crippen LogP contribution in [0.5, 0.6) is 5.75 Å². The molecule has 1 aromatic heterocycles. The summed E-state index contributed by atoms with van der Waals surface area (Å²) in [6, 6.07) is 1.35. The van der Waals surface area contributed by atoms with Crippen molar-refractivity contribution in [1.29, 1.82) is 0 Å². The molecule has 0 saturated carbocycles. The highest BCUT2D eigenvalue weighted by Crippen LogP contribution is 2.29. The number of rotatable bonds is 3. The molecule has 1 aromatic rings. The van der Waals surface area contributed by atoms with Crippen molar-refractivity contribution in [2.45, 2.75) is 11.8 Å². The first kappa shape index (κ1) is 12.1. The SMILES string of the molecule is COc1c(CBr)cc(C(F)F)nc1I. The maximum atomic E-state index is 12.4. The summed E-state index contributed by atoms with van der Waals surface area (Å²) in [5.41, 5.74) is 0.465. The van der Waals surface area contributed by atoms with Crippen LogP contribution in [0.3, 0.4) is 0 Å². The molecule has 0 amide bonds. The predicted octanol–water partition coefficient (Wildman–Crippen LogP) is 3.53. The van der Waals surface area contributed by atoms with Crippen LogP contribution in [0.25, 0.3) is 0 Å². The van der Waals surface area contributed by atoms with Gasteiger partial charge >= 0.3 is 0 Å². The van der Waals surface area contributed by atoms with Crippen LogP contribution in [-0.2, 0) is 5.33 Å². The van der Waals surface area contributed by atoms with Gasteiger partial charge in [-0.2, -0.15) is 0 Å². The topological polar surface area (TPSA) is 22.1 Å². The van der Waals surface area contributed by atoms with Crippen molar-refractivity contribution in [3.8, 4) is 5.75 Å². The Morgan fingerprint density at radius 1 is 1.64 bits per heavy atom. The number of ether oxygens (including phenoxy) is 1. The van der Waals surface area contributed by atoms with Crippen molar-refractivity contribution >= 4 is 38.5 Å². The molecular weight excluding hydrogens is 371 g/mol. The molecule has 0 aromatic carbocycles. The quantitative estimate of drug-likeness (QED) is 0.456. The fourth-order valence-corrected chi connectivity index (χ4v) is 2.26. The van der Waals surface area contributed by atoms with Gasteiger partial charge in [-0.15, -0.1) is 0 Å². The van der Waals surface area contributed by atoms with Gasteiger partial charge in [0.15, 0.2) is 5.75 Å². The Bertz CT molecular complexity index is 335. The summed E-state index contributed by atoms with van der Waals surface area (Å²) < 4.78 is 30.3. The van der Waals surface area contributed by atoms with Crippen LogP contribution in [0.1, 0.15) is 17.7 Å². The average molecular weight is 378 g/mol. The molecule has 6 heteroatoms. The van der Waals surface area contributed by atoms with E-state index in [2.05, 4.69) is 20.9 Å². The van der Waals surface area contributed by atoms with Gasteiger partial charge in [-0.1, -0.05) is 15.9 Å². The van der Waals surface area contributed by atoms with Crippen LogP contribution in [0.15, 0.2) is 6.07 Å². The lowest BCUT2D eigenvalue weighted by Gasteiger charge is -2.09. The molecule has 1 rings (SSSR count). The van der Waals surface area contributed by atoms with Gasteiger partial charge in [0, 0.05) is 10.9 Å². The third kappa shape index (κ3) is 2.53. The number of halogens is 4. The van der Waals surface area contributed by atoms with E-state index in [0.29, 0.717) is 20.3 Å². The van der Waals surface area contributed by atoms with Gasteiger partial charge in [-0.3, -0.25) is 0 Å². The summed E-state index contributed by atoms with van der Waals surface area (Å²) >= 11 is 5.09. The molecule has 2 nitrogen and oxygen atoms in total. The van der Waals surface area contributed by atoms with Gasteiger partial charge in [0.2, 0.25) is 0 Å². The maximum Gasteiger partial charge on any atom is 0.280 e. The predicted molar refractivity (Wildman–Crippen MR) is 61.1 cm³/mol. The molecule has 14 heavy (non-hydrogen) atoms. The van der Waals surface area contributed by atoms with Crippen molar-refractivity contribution in [3.63, 3.8) is 0 Å². The van der Waals surface area contributed by atoms with Crippen LogP contribution in [0, 0.1) is 3.70 Å². The second-order valence-electron chi connectivity index (χ2n) is 2.46. The molecule has 0 aliphatic carbocycles. The van der Waals surface area contributed by atoms with Crippen molar-refractivity contribution in [2.24, 2.45) is 0 Å². The van der Waals surface area contributed by atoms with E-state index in [-0.39, 0.29) is 5.69 Å². The third-order valence-corrected chi connectivity index (χ3v) is 2.94. The fourth-order valence-electron chi connectivity index (χ4n) is 0.999. The van der Waals surface area contributed by atoms with Crippen molar-refractivity contribution in [3.05, 3.63) is 21.0 Å². The van der Waals surface area contributed by atoms with E-state index in [4.69, 9.17) is 4.74 Å². The van der Waals surface area contributed by atoms with Gasteiger partial charge in [0.25, 0.3) is 6.43 Å². The molecule has 0 bridgehead atoms. The van der Waals surface area contributed by atoms with Crippen molar-refractivity contribution in [2.75, 3.05) is 7.11 Å². The normalized spacial score (nSPS) is 10.7. The Kier molecular flexibility index (Phi) is 4.49. The lowest BCUT2D eigenvalue weighted by molar-refractivity contribution is 0.145. The molecular formula is C8H7BrF2INO. The number of nitrogens with zero attached hydrogens (tertiary/aromatic N) is 1. The van der Waals surface area contributed by atoms with Crippen molar-refractivity contribution < 1.29 is 13.5 Å².